The van der Waals surface area contributed by atoms with E-state index in [1.165, 1.54) is 6.42 Å². The van der Waals surface area contributed by atoms with Gasteiger partial charge in [-0.2, -0.15) is 0 Å². The van der Waals surface area contributed by atoms with E-state index in [0.29, 0.717) is 11.3 Å². The van der Waals surface area contributed by atoms with Gasteiger partial charge in [0.2, 0.25) is 0 Å². The third kappa shape index (κ3) is 4.72. The summed E-state index contributed by atoms with van der Waals surface area (Å²) in [5.41, 5.74) is 0.466. The van der Waals surface area contributed by atoms with Gasteiger partial charge in [0.25, 0.3) is 5.91 Å². The highest BCUT2D eigenvalue weighted by Gasteiger charge is 2.19. The lowest BCUT2D eigenvalue weighted by Gasteiger charge is -2.23. The molecule has 1 saturated carbocycles. The zero-order valence-electron chi connectivity index (χ0n) is 12.1. The number of hydrogen-bond donors (Lipinski definition) is 3. The molecule has 0 aliphatic heterocycles. The number of carbonyl (C=O) groups is 1. The van der Waals surface area contributed by atoms with Crippen molar-refractivity contribution in [2.75, 3.05) is 13.2 Å². The highest BCUT2D eigenvalue weighted by molar-refractivity contribution is 5.97. The lowest BCUT2D eigenvalue weighted by Crippen LogP contribution is -2.36. The van der Waals surface area contributed by atoms with E-state index in [-0.39, 0.29) is 25.2 Å². The van der Waals surface area contributed by atoms with Crippen molar-refractivity contribution in [1.29, 1.82) is 0 Å². The van der Waals surface area contributed by atoms with Gasteiger partial charge in [0.05, 0.1) is 12.2 Å². The third-order valence-electron chi connectivity index (χ3n) is 3.71. The van der Waals surface area contributed by atoms with E-state index in [0.717, 1.165) is 25.7 Å². The van der Waals surface area contributed by atoms with Crippen LogP contribution in [0.15, 0.2) is 24.3 Å². The summed E-state index contributed by atoms with van der Waals surface area (Å²) in [5, 5.41) is 21.2. The fourth-order valence-corrected chi connectivity index (χ4v) is 2.53. The van der Waals surface area contributed by atoms with Crippen LogP contribution in [0.1, 0.15) is 42.5 Å². The van der Waals surface area contributed by atoms with Crippen LogP contribution in [-0.4, -0.2) is 41.5 Å². The molecule has 0 radical (unpaired) electrons. The van der Waals surface area contributed by atoms with Crippen LogP contribution in [0.5, 0.6) is 5.75 Å². The van der Waals surface area contributed by atoms with E-state index in [1.807, 2.05) is 0 Å². The van der Waals surface area contributed by atoms with Crippen molar-refractivity contribution in [3.05, 3.63) is 29.8 Å². The normalized spacial score (nSPS) is 17.2. The molecule has 0 aromatic heterocycles. The molecule has 2 rings (SSSR count). The van der Waals surface area contributed by atoms with Crippen LogP contribution in [0, 0.1) is 0 Å². The quantitative estimate of drug-likeness (QED) is 0.742. The number of amides is 1. The minimum atomic E-state index is -0.945. The van der Waals surface area contributed by atoms with Gasteiger partial charge in [0.1, 0.15) is 18.5 Å². The molecule has 1 unspecified atom stereocenters. The fourth-order valence-electron chi connectivity index (χ4n) is 2.53. The molecule has 0 spiro atoms. The van der Waals surface area contributed by atoms with Gasteiger partial charge in [-0.15, -0.1) is 0 Å². The van der Waals surface area contributed by atoms with Gasteiger partial charge >= 0.3 is 0 Å². The molecule has 5 heteroatoms. The van der Waals surface area contributed by atoms with Crippen LogP contribution in [0.2, 0.25) is 0 Å². The van der Waals surface area contributed by atoms with E-state index < -0.39 is 6.10 Å². The molecule has 1 aliphatic rings. The molecule has 1 aromatic carbocycles. The second-order valence-electron chi connectivity index (χ2n) is 5.45. The summed E-state index contributed by atoms with van der Waals surface area (Å²) in [6.45, 7) is -0.402. The van der Waals surface area contributed by atoms with E-state index in [1.54, 1.807) is 24.3 Å². The van der Waals surface area contributed by atoms with Gasteiger partial charge in [-0.3, -0.25) is 4.79 Å². The van der Waals surface area contributed by atoms with Gasteiger partial charge in [-0.05, 0) is 25.0 Å². The number of benzene rings is 1. The molecule has 1 fully saturated rings. The Labute approximate surface area is 124 Å². The molecule has 0 saturated heterocycles. The van der Waals surface area contributed by atoms with Gasteiger partial charge in [0, 0.05) is 6.04 Å². The monoisotopic (exact) mass is 293 g/mol. The summed E-state index contributed by atoms with van der Waals surface area (Å²) >= 11 is 0. The Kier molecular flexibility index (Phi) is 6.02. The molecule has 0 heterocycles. The van der Waals surface area contributed by atoms with E-state index >= 15 is 0 Å². The second kappa shape index (κ2) is 8.00. The van der Waals surface area contributed by atoms with Crippen LogP contribution < -0.4 is 10.1 Å². The van der Waals surface area contributed by atoms with Crippen LogP contribution in [0.4, 0.5) is 0 Å². The average molecular weight is 293 g/mol. The number of carbonyl (C=O) groups excluding carboxylic acids is 1. The first-order valence-electron chi connectivity index (χ1n) is 7.52. The molecule has 116 valence electrons. The number of nitrogens with one attached hydrogen (secondary N) is 1. The molecule has 5 nitrogen and oxygen atoms in total. The minimum Gasteiger partial charge on any atom is -0.490 e. The highest BCUT2D eigenvalue weighted by Crippen LogP contribution is 2.21. The Morgan fingerprint density at radius 1 is 1.29 bits per heavy atom. The van der Waals surface area contributed by atoms with Gasteiger partial charge in [0.15, 0.2) is 0 Å². The first kappa shape index (κ1) is 15.8. The zero-order valence-corrected chi connectivity index (χ0v) is 12.1. The Morgan fingerprint density at radius 3 is 2.71 bits per heavy atom. The molecule has 0 bridgehead atoms. The standard InChI is InChI=1S/C16H23NO4/c18-10-13(19)11-21-15-9-5-4-8-14(15)16(20)17-12-6-2-1-3-7-12/h4-5,8-9,12-13,18-19H,1-3,6-7,10-11H2,(H,17,20). The number of para-hydroxylation sites is 1. The largest absolute Gasteiger partial charge is 0.490 e. The number of ether oxygens (including phenoxy) is 1. The van der Waals surface area contributed by atoms with E-state index in [4.69, 9.17) is 9.84 Å². The predicted octanol–water partition coefficient (Wildman–Crippen LogP) is 1.48. The van der Waals surface area contributed by atoms with Crippen LogP contribution in [-0.2, 0) is 0 Å². The summed E-state index contributed by atoms with van der Waals surface area (Å²) < 4.78 is 5.43. The summed E-state index contributed by atoms with van der Waals surface area (Å²) in [7, 11) is 0. The van der Waals surface area contributed by atoms with Crippen molar-refractivity contribution >= 4 is 5.91 Å². The van der Waals surface area contributed by atoms with Crippen LogP contribution in [0.25, 0.3) is 0 Å². The zero-order chi connectivity index (χ0) is 15.1. The van der Waals surface area contributed by atoms with Gasteiger partial charge < -0.3 is 20.3 Å². The Balaban J connectivity index is 1.98. The first-order chi connectivity index (χ1) is 10.2. The van der Waals surface area contributed by atoms with Crippen molar-refractivity contribution in [2.45, 2.75) is 44.2 Å². The van der Waals surface area contributed by atoms with Crippen molar-refractivity contribution in [1.82, 2.24) is 5.32 Å². The van der Waals surface area contributed by atoms with E-state index in [2.05, 4.69) is 5.32 Å². The van der Waals surface area contributed by atoms with Crippen molar-refractivity contribution in [2.24, 2.45) is 0 Å². The number of hydrogen-bond acceptors (Lipinski definition) is 4. The topological polar surface area (TPSA) is 78.8 Å². The Hall–Kier alpha value is -1.59. The summed E-state index contributed by atoms with van der Waals surface area (Å²) in [6.07, 6.45) is 4.66. The van der Waals surface area contributed by atoms with Crippen molar-refractivity contribution in [3.63, 3.8) is 0 Å². The maximum Gasteiger partial charge on any atom is 0.255 e. The van der Waals surface area contributed by atoms with Gasteiger partial charge in [-0.1, -0.05) is 31.4 Å². The number of rotatable bonds is 6. The first-order valence-corrected chi connectivity index (χ1v) is 7.52. The van der Waals surface area contributed by atoms with Crippen LogP contribution in [0.3, 0.4) is 0 Å². The molecule has 3 N–H and O–H groups in total. The lowest BCUT2D eigenvalue weighted by atomic mass is 9.95. The van der Waals surface area contributed by atoms with Crippen LogP contribution >= 0.6 is 0 Å². The SMILES string of the molecule is O=C(NC1CCCCC1)c1ccccc1OCC(O)CO. The van der Waals surface area contributed by atoms with Crippen molar-refractivity contribution in [3.8, 4) is 5.75 Å². The smallest absolute Gasteiger partial charge is 0.255 e. The molecule has 1 atom stereocenters. The second-order valence-corrected chi connectivity index (χ2v) is 5.45. The summed E-state index contributed by atoms with van der Waals surface area (Å²) in [6, 6.07) is 7.20. The lowest BCUT2D eigenvalue weighted by molar-refractivity contribution is 0.0530. The Morgan fingerprint density at radius 2 is 2.00 bits per heavy atom. The minimum absolute atomic E-state index is 0.0375. The number of aliphatic hydroxyl groups excluding tert-OH is 2. The Bertz CT molecular complexity index is 457. The molecule has 1 aliphatic carbocycles. The van der Waals surface area contributed by atoms with Crippen molar-refractivity contribution < 1.29 is 19.7 Å². The maximum atomic E-state index is 12.3. The maximum absolute atomic E-state index is 12.3. The van der Waals surface area contributed by atoms with Gasteiger partial charge in [-0.25, -0.2) is 0 Å². The molecular formula is C16H23NO4. The number of aliphatic hydroxyl groups is 2. The summed E-state index contributed by atoms with van der Waals surface area (Å²) in [4.78, 5) is 12.3. The predicted molar refractivity (Wildman–Crippen MR) is 79.4 cm³/mol. The van der Waals surface area contributed by atoms with E-state index in [9.17, 15) is 9.90 Å². The molecule has 1 amide bonds. The molecule has 21 heavy (non-hydrogen) atoms. The average Bonchev–Trinajstić information content (AvgIpc) is 2.53. The fraction of sp³-hybridized carbons (Fsp3) is 0.562. The third-order valence-corrected chi connectivity index (χ3v) is 3.71. The summed E-state index contributed by atoms with van der Waals surface area (Å²) in [5.74, 6) is 0.286. The highest BCUT2D eigenvalue weighted by atomic mass is 16.5. The molecular weight excluding hydrogens is 270 g/mol. The molecule has 1 aromatic rings.